The molecular formula is C14H11N5OS. The van der Waals surface area contributed by atoms with Crippen LogP contribution in [0.3, 0.4) is 0 Å². The molecule has 0 aliphatic rings. The molecule has 0 radical (unpaired) electrons. The highest BCUT2D eigenvalue weighted by Gasteiger charge is 2.07. The fraction of sp³-hybridized carbons (Fsp3) is 0.0714. The molecule has 4 aromatic rings. The number of hydrogen-bond acceptors (Lipinski definition) is 6. The number of anilines is 1. The topological polar surface area (TPSA) is 79.6 Å². The number of aromatic nitrogens is 4. The standard InChI is InChI=1S/C14H11N5OS/c1-2-12(20-3-1)14-17-8-11(21-14)7-15-10-4-9-5-18-19-13(9)16-6-10/h1-6,8,15H,7H2,(H,16,18,19). The summed E-state index contributed by atoms with van der Waals surface area (Å²) < 4.78 is 5.34. The first-order valence-corrected chi connectivity index (χ1v) is 7.22. The van der Waals surface area contributed by atoms with Crippen molar-refractivity contribution in [2.75, 3.05) is 5.32 Å². The number of fused-ring (bicyclic) bond motifs is 1. The molecule has 0 unspecified atom stereocenters. The van der Waals surface area contributed by atoms with E-state index in [1.165, 1.54) is 0 Å². The maximum absolute atomic E-state index is 5.34. The lowest BCUT2D eigenvalue weighted by atomic mass is 10.3. The van der Waals surface area contributed by atoms with Crippen molar-refractivity contribution in [1.82, 2.24) is 20.2 Å². The van der Waals surface area contributed by atoms with E-state index in [4.69, 9.17) is 4.42 Å². The van der Waals surface area contributed by atoms with Crippen LogP contribution in [-0.2, 0) is 6.54 Å². The van der Waals surface area contributed by atoms with E-state index in [-0.39, 0.29) is 0 Å². The average Bonchev–Trinajstić information content (AvgIpc) is 3.24. The van der Waals surface area contributed by atoms with Crippen LogP contribution in [0, 0.1) is 0 Å². The summed E-state index contributed by atoms with van der Waals surface area (Å²) in [5.41, 5.74) is 1.75. The monoisotopic (exact) mass is 297 g/mol. The Morgan fingerprint density at radius 1 is 1.24 bits per heavy atom. The van der Waals surface area contributed by atoms with E-state index in [0.717, 1.165) is 32.4 Å². The Labute approximate surface area is 123 Å². The van der Waals surface area contributed by atoms with E-state index < -0.39 is 0 Å². The van der Waals surface area contributed by atoms with E-state index in [0.29, 0.717) is 6.54 Å². The predicted octanol–water partition coefficient (Wildman–Crippen LogP) is 3.29. The fourth-order valence-corrected chi connectivity index (χ4v) is 2.85. The molecule has 21 heavy (non-hydrogen) atoms. The van der Waals surface area contributed by atoms with Gasteiger partial charge in [0.2, 0.25) is 0 Å². The van der Waals surface area contributed by atoms with Gasteiger partial charge in [0.15, 0.2) is 16.4 Å². The molecule has 6 nitrogen and oxygen atoms in total. The number of pyridine rings is 1. The lowest BCUT2D eigenvalue weighted by Crippen LogP contribution is -1.97. The summed E-state index contributed by atoms with van der Waals surface area (Å²) in [6.07, 6.45) is 7.06. The van der Waals surface area contributed by atoms with Crippen LogP contribution in [0.5, 0.6) is 0 Å². The maximum Gasteiger partial charge on any atom is 0.162 e. The van der Waals surface area contributed by atoms with Crippen molar-refractivity contribution in [2.45, 2.75) is 6.54 Å². The number of hydrogen-bond donors (Lipinski definition) is 2. The van der Waals surface area contributed by atoms with Gasteiger partial charge in [0, 0.05) is 16.5 Å². The molecule has 7 heteroatoms. The first-order valence-electron chi connectivity index (χ1n) is 6.40. The highest BCUT2D eigenvalue weighted by Crippen LogP contribution is 2.26. The first kappa shape index (κ1) is 12.1. The molecule has 0 aliphatic heterocycles. The predicted molar refractivity (Wildman–Crippen MR) is 81.0 cm³/mol. The van der Waals surface area contributed by atoms with Crippen molar-refractivity contribution < 1.29 is 4.42 Å². The van der Waals surface area contributed by atoms with E-state index >= 15 is 0 Å². The number of nitrogens with one attached hydrogen (secondary N) is 2. The van der Waals surface area contributed by atoms with Crippen LogP contribution in [0.2, 0.25) is 0 Å². The number of furan rings is 1. The number of nitrogens with zero attached hydrogens (tertiary/aromatic N) is 3. The Bertz CT molecular complexity index is 864. The van der Waals surface area contributed by atoms with E-state index in [1.54, 1.807) is 30.0 Å². The molecule has 0 aliphatic carbocycles. The quantitative estimate of drug-likeness (QED) is 0.604. The zero-order valence-corrected chi connectivity index (χ0v) is 11.7. The van der Waals surface area contributed by atoms with Gasteiger partial charge in [-0.25, -0.2) is 9.97 Å². The minimum atomic E-state index is 0.698. The summed E-state index contributed by atoms with van der Waals surface area (Å²) >= 11 is 1.61. The van der Waals surface area contributed by atoms with Gasteiger partial charge in [0.05, 0.1) is 30.9 Å². The van der Waals surface area contributed by atoms with Gasteiger partial charge in [0.25, 0.3) is 0 Å². The molecule has 4 heterocycles. The zero-order chi connectivity index (χ0) is 14.1. The molecule has 0 atom stereocenters. The van der Waals surface area contributed by atoms with Gasteiger partial charge in [0.1, 0.15) is 0 Å². The highest BCUT2D eigenvalue weighted by molar-refractivity contribution is 7.14. The lowest BCUT2D eigenvalue weighted by Gasteiger charge is -2.03. The van der Waals surface area contributed by atoms with Gasteiger partial charge in [-0.1, -0.05) is 0 Å². The van der Waals surface area contributed by atoms with E-state index in [9.17, 15) is 0 Å². The van der Waals surface area contributed by atoms with Gasteiger partial charge in [-0.3, -0.25) is 5.10 Å². The third-order valence-electron chi connectivity index (χ3n) is 3.04. The van der Waals surface area contributed by atoms with Crippen LogP contribution in [0.4, 0.5) is 5.69 Å². The normalized spacial score (nSPS) is 11.0. The Kier molecular flexibility index (Phi) is 2.89. The summed E-state index contributed by atoms with van der Waals surface area (Å²) in [7, 11) is 0. The summed E-state index contributed by atoms with van der Waals surface area (Å²) in [6.45, 7) is 0.698. The number of rotatable bonds is 4. The van der Waals surface area contributed by atoms with Crippen molar-refractivity contribution in [3.8, 4) is 10.8 Å². The summed E-state index contributed by atoms with van der Waals surface area (Å²) in [5.74, 6) is 0.799. The van der Waals surface area contributed by atoms with E-state index in [2.05, 4.69) is 25.5 Å². The summed E-state index contributed by atoms with van der Waals surface area (Å²) in [6, 6.07) is 5.79. The fourth-order valence-electron chi connectivity index (χ4n) is 2.03. The molecule has 2 N–H and O–H groups in total. The number of thiazole rings is 1. The van der Waals surface area contributed by atoms with Gasteiger partial charge >= 0.3 is 0 Å². The van der Waals surface area contributed by atoms with Gasteiger partial charge in [-0.15, -0.1) is 11.3 Å². The second kappa shape index (κ2) is 5.02. The van der Waals surface area contributed by atoms with Crippen molar-refractivity contribution in [3.05, 3.63) is 47.9 Å². The Balaban J connectivity index is 1.49. The van der Waals surface area contributed by atoms with Crippen molar-refractivity contribution in [1.29, 1.82) is 0 Å². The van der Waals surface area contributed by atoms with Crippen LogP contribution < -0.4 is 5.32 Å². The Hall–Kier alpha value is -2.67. The molecule has 0 aromatic carbocycles. The van der Waals surface area contributed by atoms with Crippen molar-refractivity contribution >= 4 is 28.1 Å². The number of aromatic amines is 1. The molecule has 0 bridgehead atoms. The van der Waals surface area contributed by atoms with Crippen LogP contribution >= 0.6 is 11.3 Å². The molecular weight excluding hydrogens is 286 g/mol. The summed E-state index contributed by atoms with van der Waals surface area (Å²) in [4.78, 5) is 9.79. The first-order chi connectivity index (χ1) is 10.4. The van der Waals surface area contributed by atoms with Crippen LogP contribution in [0.1, 0.15) is 4.88 Å². The zero-order valence-electron chi connectivity index (χ0n) is 10.9. The molecule has 0 saturated heterocycles. The molecule has 4 rings (SSSR count). The third kappa shape index (κ3) is 2.38. The minimum absolute atomic E-state index is 0.698. The van der Waals surface area contributed by atoms with Crippen LogP contribution in [0.25, 0.3) is 21.8 Å². The summed E-state index contributed by atoms with van der Waals surface area (Å²) in [5, 5.41) is 12.0. The van der Waals surface area contributed by atoms with Gasteiger partial charge < -0.3 is 9.73 Å². The lowest BCUT2D eigenvalue weighted by molar-refractivity contribution is 0.582. The van der Waals surface area contributed by atoms with Gasteiger partial charge in [-0.05, 0) is 18.2 Å². The Morgan fingerprint density at radius 2 is 2.24 bits per heavy atom. The third-order valence-corrected chi connectivity index (χ3v) is 4.06. The van der Waals surface area contributed by atoms with Crippen molar-refractivity contribution in [2.24, 2.45) is 0 Å². The maximum atomic E-state index is 5.34. The minimum Gasteiger partial charge on any atom is -0.462 e. The SMILES string of the molecule is c1coc(-c2ncc(CNc3cnc4[nH]ncc4c3)s2)c1. The smallest absolute Gasteiger partial charge is 0.162 e. The van der Waals surface area contributed by atoms with Crippen LogP contribution in [-0.4, -0.2) is 20.2 Å². The molecule has 0 spiro atoms. The van der Waals surface area contributed by atoms with Crippen molar-refractivity contribution in [3.63, 3.8) is 0 Å². The largest absolute Gasteiger partial charge is 0.462 e. The number of H-pyrrole nitrogens is 1. The van der Waals surface area contributed by atoms with Crippen LogP contribution in [0.15, 0.2) is 47.5 Å². The van der Waals surface area contributed by atoms with Gasteiger partial charge in [-0.2, -0.15) is 5.10 Å². The molecule has 0 fully saturated rings. The molecule has 4 aromatic heterocycles. The second-order valence-corrected chi connectivity index (χ2v) is 5.61. The Morgan fingerprint density at radius 3 is 3.14 bits per heavy atom. The molecule has 104 valence electrons. The molecule has 0 saturated carbocycles. The molecule has 0 amide bonds. The van der Waals surface area contributed by atoms with E-state index in [1.807, 2.05) is 24.4 Å². The highest BCUT2D eigenvalue weighted by atomic mass is 32.1. The average molecular weight is 297 g/mol. The second-order valence-electron chi connectivity index (χ2n) is 4.49.